The second kappa shape index (κ2) is 8.42. The van der Waals surface area contributed by atoms with Gasteiger partial charge < -0.3 is 5.32 Å². The van der Waals surface area contributed by atoms with Crippen LogP contribution >= 0.6 is 23.1 Å². The third-order valence-corrected chi connectivity index (χ3v) is 5.48. The standard InChI is InChI=1S/C19H16F2N2OS2/c1-12-2-5-14(6-3-12)22-18(24)9-19-23-15(11-26-19)10-25-17-8-13(20)4-7-16(17)21/h2-8,11H,9-10H2,1H3,(H,22,24). The maximum Gasteiger partial charge on any atom is 0.231 e. The molecule has 3 aromatic rings. The predicted octanol–water partition coefficient (Wildman–Crippen LogP) is 5.20. The third kappa shape index (κ3) is 5.12. The minimum atomic E-state index is -0.472. The van der Waals surface area contributed by atoms with Crippen molar-refractivity contribution >= 4 is 34.7 Å². The molecule has 0 atom stereocenters. The van der Waals surface area contributed by atoms with Crippen molar-refractivity contribution in [3.8, 4) is 0 Å². The highest BCUT2D eigenvalue weighted by atomic mass is 32.2. The number of thioether (sulfide) groups is 1. The minimum Gasteiger partial charge on any atom is -0.326 e. The number of nitrogens with one attached hydrogen (secondary N) is 1. The number of benzene rings is 2. The van der Waals surface area contributed by atoms with Crippen molar-refractivity contribution in [3.63, 3.8) is 0 Å². The topological polar surface area (TPSA) is 42.0 Å². The summed E-state index contributed by atoms with van der Waals surface area (Å²) >= 11 is 2.56. The lowest BCUT2D eigenvalue weighted by Crippen LogP contribution is -2.14. The van der Waals surface area contributed by atoms with Crippen LogP contribution in [0, 0.1) is 18.6 Å². The first-order valence-corrected chi connectivity index (χ1v) is 9.74. The molecule has 134 valence electrons. The molecular formula is C19H16F2N2OS2. The Kier molecular flexibility index (Phi) is 6.00. The lowest BCUT2D eigenvalue weighted by atomic mass is 10.2. The van der Waals surface area contributed by atoms with E-state index < -0.39 is 11.6 Å². The van der Waals surface area contributed by atoms with Crippen molar-refractivity contribution < 1.29 is 13.6 Å². The molecule has 0 fully saturated rings. The highest BCUT2D eigenvalue weighted by Crippen LogP contribution is 2.27. The van der Waals surface area contributed by atoms with Crippen LogP contribution in [0.15, 0.2) is 52.7 Å². The van der Waals surface area contributed by atoms with Crippen molar-refractivity contribution in [1.82, 2.24) is 4.98 Å². The van der Waals surface area contributed by atoms with Crippen LogP contribution in [0.5, 0.6) is 0 Å². The molecule has 3 nitrogen and oxygen atoms in total. The van der Waals surface area contributed by atoms with Gasteiger partial charge in [0, 0.05) is 21.7 Å². The fourth-order valence-corrected chi connectivity index (χ4v) is 3.97. The van der Waals surface area contributed by atoms with Crippen LogP contribution in [-0.2, 0) is 17.0 Å². The monoisotopic (exact) mass is 390 g/mol. The molecule has 0 bridgehead atoms. The molecule has 0 unspecified atom stereocenters. The number of hydrogen-bond acceptors (Lipinski definition) is 4. The number of aromatic nitrogens is 1. The van der Waals surface area contributed by atoms with Gasteiger partial charge in [0.15, 0.2) is 0 Å². The predicted molar refractivity (Wildman–Crippen MR) is 102 cm³/mol. The van der Waals surface area contributed by atoms with E-state index in [2.05, 4.69) is 10.3 Å². The van der Waals surface area contributed by atoms with Gasteiger partial charge in [0.2, 0.25) is 5.91 Å². The van der Waals surface area contributed by atoms with Crippen LogP contribution in [0.1, 0.15) is 16.3 Å². The van der Waals surface area contributed by atoms with Gasteiger partial charge in [-0.15, -0.1) is 23.1 Å². The number of hydrogen-bond donors (Lipinski definition) is 1. The van der Waals surface area contributed by atoms with Crippen LogP contribution in [0.3, 0.4) is 0 Å². The van der Waals surface area contributed by atoms with Crippen molar-refractivity contribution in [2.75, 3.05) is 5.32 Å². The number of carbonyl (C=O) groups is 1. The number of rotatable bonds is 6. The highest BCUT2D eigenvalue weighted by Gasteiger charge is 2.10. The molecule has 0 aliphatic heterocycles. The zero-order valence-electron chi connectivity index (χ0n) is 14.0. The first-order valence-electron chi connectivity index (χ1n) is 7.87. The van der Waals surface area contributed by atoms with Gasteiger partial charge in [0.05, 0.1) is 12.1 Å². The number of amides is 1. The molecule has 1 N–H and O–H groups in total. The van der Waals surface area contributed by atoms with Crippen LogP contribution in [0.25, 0.3) is 0 Å². The molecule has 3 rings (SSSR count). The van der Waals surface area contributed by atoms with E-state index in [1.807, 2.05) is 36.6 Å². The molecule has 2 aromatic carbocycles. The summed E-state index contributed by atoms with van der Waals surface area (Å²) in [5.74, 6) is -0.653. The van der Waals surface area contributed by atoms with Crippen molar-refractivity contribution in [3.05, 3.63) is 75.7 Å². The first kappa shape index (κ1) is 18.5. The highest BCUT2D eigenvalue weighted by molar-refractivity contribution is 7.98. The van der Waals surface area contributed by atoms with E-state index in [0.29, 0.717) is 10.8 Å². The van der Waals surface area contributed by atoms with Gasteiger partial charge in [0.1, 0.15) is 16.6 Å². The first-order chi connectivity index (χ1) is 12.5. The Hall–Kier alpha value is -2.25. The molecule has 1 heterocycles. The molecule has 0 radical (unpaired) electrons. The molecule has 0 saturated carbocycles. The molecule has 0 aliphatic rings. The summed E-state index contributed by atoms with van der Waals surface area (Å²) in [5, 5.41) is 5.35. The number of anilines is 1. The molecule has 7 heteroatoms. The summed E-state index contributed by atoms with van der Waals surface area (Å²) in [5.41, 5.74) is 2.61. The van der Waals surface area contributed by atoms with E-state index in [-0.39, 0.29) is 17.2 Å². The van der Waals surface area contributed by atoms with Gasteiger partial charge in [-0.1, -0.05) is 17.7 Å². The zero-order valence-corrected chi connectivity index (χ0v) is 15.6. The Balaban J connectivity index is 1.55. The number of nitrogens with zero attached hydrogens (tertiary/aromatic N) is 1. The minimum absolute atomic E-state index is 0.140. The number of carbonyl (C=O) groups excluding carboxylic acids is 1. The average molecular weight is 390 g/mol. The maximum absolute atomic E-state index is 13.6. The fourth-order valence-electron chi connectivity index (χ4n) is 2.22. The molecule has 26 heavy (non-hydrogen) atoms. The van der Waals surface area contributed by atoms with Gasteiger partial charge in [-0.05, 0) is 37.3 Å². The van der Waals surface area contributed by atoms with Crippen LogP contribution < -0.4 is 5.32 Å². The summed E-state index contributed by atoms with van der Waals surface area (Å²) < 4.78 is 26.8. The molecular weight excluding hydrogens is 374 g/mol. The van der Waals surface area contributed by atoms with E-state index in [4.69, 9.17) is 0 Å². The van der Waals surface area contributed by atoms with Gasteiger partial charge in [-0.3, -0.25) is 4.79 Å². The van der Waals surface area contributed by atoms with Gasteiger partial charge in [-0.25, -0.2) is 13.8 Å². The van der Waals surface area contributed by atoms with Crippen molar-refractivity contribution in [2.24, 2.45) is 0 Å². The molecule has 1 aromatic heterocycles. The SMILES string of the molecule is Cc1ccc(NC(=O)Cc2nc(CSc3cc(F)ccc3F)cs2)cc1. The third-order valence-electron chi connectivity index (χ3n) is 3.52. The van der Waals surface area contributed by atoms with Crippen molar-refractivity contribution in [2.45, 2.75) is 24.0 Å². The lowest BCUT2D eigenvalue weighted by Gasteiger charge is -2.04. The van der Waals surface area contributed by atoms with E-state index in [1.165, 1.54) is 29.2 Å². The lowest BCUT2D eigenvalue weighted by molar-refractivity contribution is -0.115. The van der Waals surface area contributed by atoms with E-state index >= 15 is 0 Å². The van der Waals surface area contributed by atoms with E-state index in [9.17, 15) is 13.6 Å². The summed E-state index contributed by atoms with van der Waals surface area (Å²) in [6.45, 7) is 1.98. The van der Waals surface area contributed by atoms with Crippen LogP contribution in [-0.4, -0.2) is 10.9 Å². The second-order valence-corrected chi connectivity index (χ2v) is 7.65. The van der Waals surface area contributed by atoms with Gasteiger partial charge in [-0.2, -0.15) is 0 Å². The smallest absolute Gasteiger partial charge is 0.231 e. The largest absolute Gasteiger partial charge is 0.326 e. The maximum atomic E-state index is 13.6. The number of thiazole rings is 1. The number of halogens is 2. The van der Waals surface area contributed by atoms with Crippen LogP contribution in [0.4, 0.5) is 14.5 Å². The zero-order chi connectivity index (χ0) is 18.5. The van der Waals surface area contributed by atoms with Crippen LogP contribution in [0.2, 0.25) is 0 Å². The Morgan fingerprint density at radius 1 is 1.19 bits per heavy atom. The van der Waals surface area contributed by atoms with Crippen molar-refractivity contribution in [1.29, 1.82) is 0 Å². The van der Waals surface area contributed by atoms with Gasteiger partial charge in [0.25, 0.3) is 0 Å². The second-order valence-electron chi connectivity index (χ2n) is 5.69. The summed E-state index contributed by atoms with van der Waals surface area (Å²) in [6.07, 6.45) is 0.178. The summed E-state index contributed by atoms with van der Waals surface area (Å²) in [7, 11) is 0. The molecule has 0 aliphatic carbocycles. The Bertz CT molecular complexity index is 910. The summed E-state index contributed by atoms with van der Waals surface area (Å²) in [6, 6.07) is 10.9. The Morgan fingerprint density at radius 3 is 2.73 bits per heavy atom. The van der Waals surface area contributed by atoms with Gasteiger partial charge >= 0.3 is 0 Å². The molecule has 1 amide bonds. The molecule has 0 spiro atoms. The number of aryl methyl sites for hydroxylation is 1. The normalized spacial score (nSPS) is 10.7. The Labute approximate surface area is 158 Å². The fraction of sp³-hybridized carbons (Fsp3) is 0.158. The Morgan fingerprint density at radius 2 is 1.96 bits per heavy atom. The van der Waals surface area contributed by atoms with E-state index in [0.717, 1.165) is 29.1 Å². The molecule has 0 saturated heterocycles. The van der Waals surface area contributed by atoms with E-state index in [1.54, 1.807) is 0 Å². The summed E-state index contributed by atoms with van der Waals surface area (Å²) in [4.78, 5) is 16.7. The average Bonchev–Trinajstić information content (AvgIpc) is 3.05. The quantitative estimate of drug-likeness (QED) is 0.588.